The molecule has 0 aliphatic heterocycles. The predicted octanol–water partition coefficient (Wildman–Crippen LogP) is 3.44. The van der Waals surface area contributed by atoms with E-state index in [2.05, 4.69) is 6.92 Å². The van der Waals surface area contributed by atoms with Crippen LogP contribution in [0.15, 0.2) is 48.5 Å². The molecular weight excluding hydrogens is 252 g/mol. The van der Waals surface area contributed by atoms with Gasteiger partial charge in [0.05, 0.1) is 6.61 Å². The molecule has 2 rings (SSSR count). The van der Waals surface area contributed by atoms with Crippen LogP contribution in [0.1, 0.15) is 31.4 Å². The number of ether oxygens (including phenoxy) is 1. The van der Waals surface area contributed by atoms with Crippen molar-refractivity contribution in [3.8, 4) is 11.5 Å². The third-order valence-corrected chi connectivity index (χ3v) is 3.32. The Hall–Kier alpha value is -2.00. The van der Waals surface area contributed by atoms with Gasteiger partial charge in [0.2, 0.25) is 0 Å². The van der Waals surface area contributed by atoms with Crippen molar-refractivity contribution >= 4 is 0 Å². The standard InChI is InChI=1S/C17H20O3/c1-3-12-20-16-10-6-14(7-11-16)17(2,19)13-4-8-15(18)9-5-13/h4-11,18-19H,3,12H2,1-2H3. The average molecular weight is 272 g/mol. The Kier molecular flexibility index (Phi) is 4.30. The van der Waals surface area contributed by atoms with Crippen molar-refractivity contribution in [2.75, 3.05) is 6.61 Å². The second-order valence-corrected chi connectivity index (χ2v) is 4.99. The Morgan fingerprint density at radius 1 is 0.950 bits per heavy atom. The van der Waals surface area contributed by atoms with E-state index in [1.807, 2.05) is 24.3 Å². The lowest BCUT2D eigenvalue weighted by atomic mass is 9.88. The van der Waals surface area contributed by atoms with Gasteiger partial charge in [-0.15, -0.1) is 0 Å². The monoisotopic (exact) mass is 272 g/mol. The van der Waals surface area contributed by atoms with E-state index in [4.69, 9.17) is 4.74 Å². The van der Waals surface area contributed by atoms with Crippen molar-refractivity contribution in [2.24, 2.45) is 0 Å². The molecule has 0 aliphatic carbocycles. The molecule has 0 bridgehead atoms. The summed E-state index contributed by atoms with van der Waals surface area (Å²) in [7, 11) is 0. The van der Waals surface area contributed by atoms with Gasteiger partial charge in [-0.05, 0) is 48.7 Å². The highest BCUT2D eigenvalue weighted by Gasteiger charge is 2.25. The fraction of sp³-hybridized carbons (Fsp3) is 0.294. The Labute approximate surface area is 119 Å². The average Bonchev–Trinajstić information content (AvgIpc) is 2.46. The van der Waals surface area contributed by atoms with Crippen LogP contribution in [0.3, 0.4) is 0 Å². The first-order chi connectivity index (χ1) is 9.54. The van der Waals surface area contributed by atoms with E-state index in [9.17, 15) is 10.2 Å². The first-order valence-corrected chi connectivity index (χ1v) is 6.79. The fourth-order valence-electron chi connectivity index (χ4n) is 2.05. The summed E-state index contributed by atoms with van der Waals surface area (Å²) in [5.74, 6) is 0.991. The highest BCUT2D eigenvalue weighted by atomic mass is 16.5. The maximum Gasteiger partial charge on any atom is 0.119 e. The zero-order valence-corrected chi connectivity index (χ0v) is 11.8. The predicted molar refractivity (Wildman–Crippen MR) is 79.0 cm³/mol. The van der Waals surface area contributed by atoms with Crippen molar-refractivity contribution in [2.45, 2.75) is 25.9 Å². The van der Waals surface area contributed by atoms with Crippen LogP contribution in [0.2, 0.25) is 0 Å². The summed E-state index contributed by atoms with van der Waals surface area (Å²) in [6, 6.07) is 14.0. The fourth-order valence-corrected chi connectivity index (χ4v) is 2.05. The van der Waals surface area contributed by atoms with Gasteiger partial charge in [0, 0.05) is 0 Å². The van der Waals surface area contributed by atoms with Crippen LogP contribution < -0.4 is 4.74 Å². The summed E-state index contributed by atoms with van der Waals surface area (Å²) in [6.45, 7) is 4.49. The van der Waals surface area contributed by atoms with Gasteiger partial charge >= 0.3 is 0 Å². The van der Waals surface area contributed by atoms with Crippen molar-refractivity contribution in [1.82, 2.24) is 0 Å². The number of aliphatic hydroxyl groups is 1. The molecule has 1 atom stereocenters. The molecule has 0 aliphatic rings. The first-order valence-electron chi connectivity index (χ1n) is 6.79. The highest BCUT2D eigenvalue weighted by molar-refractivity contribution is 5.39. The summed E-state index contributed by atoms with van der Waals surface area (Å²) >= 11 is 0. The molecule has 2 aromatic carbocycles. The molecule has 3 heteroatoms. The van der Waals surface area contributed by atoms with Crippen molar-refractivity contribution in [3.63, 3.8) is 0 Å². The Morgan fingerprint density at radius 2 is 1.45 bits per heavy atom. The number of aromatic hydroxyl groups is 1. The molecule has 0 radical (unpaired) electrons. The minimum Gasteiger partial charge on any atom is -0.508 e. The van der Waals surface area contributed by atoms with Gasteiger partial charge in [0.1, 0.15) is 17.1 Å². The summed E-state index contributed by atoms with van der Waals surface area (Å²) < 4.78 is 5.53. The van der Waals surface area contributed by atoms with E-state index in [1.54, 1.807) is 31.2 Å². The summed E-state index contributed by atoms with van der Waals surface area (Å²) in [6.07, 6.45) is 0.965. The first kappa shape index (κ1) is 14.4. The molecule has 0 spiro atoms. The van der Waals surface area contributed by atoms with Crippen LogP contribution in [0, 0.1) is 0 Å². The van der Waals surface area contributed by atoms with E-state index in [-0.39, 0.29) is 5.75 Å². The molecule has 1 unspecified atom stereocenters. The summed E-state index contributed by atoms with van der Waals surface area (Å²) in [4.78, 5) is 0. The van der Waals surface area contributed by atoms with E-state index in [1.165, 1.54) is 0 Å². The van der Waals surface area contributed by atoms with Crippen LogP contribution in [0.4, 0.5) is 0 Å². The third-order valence-electron chi connectivity index (χ3n) is 3.32. The number of rotatable bonds is 5. The molecule has 2 aromatic rings. The summed E-state index contributed by atoms with van der Waals surface area (Å²) in [5, 5.41) is 20.0. The van der Waals surface area contributed by atoms with Gasteiger partial charge in [0.15, 0.2) is 0 Å². The lowest BCUT2D eigenvalue weighted by Crippen LogP contribution is -2.22. The molecule has 0 aromatic heterocycles. The number of hydrogen-bond donors (Lipinski definition) is 2. The number of hydrogen-bond acceptors (Lipinski definition) is 3. The van der Waals surface area contributed by atoms with Crippen LogP contribution in [-0.2, 0) is 5.60 Å². The van der Waals surface area contributed by atoms with E-state index < -0.39 is 5.60 Å². The van der Waals surface area contributed by atoms with E-state index in [0.29, 0.717) is 6.61 Å². The smallest absolute Gasteiger partial charge is 0.119 e. The quantitative estimate of drug-likeness (QED) is 0.876. The maximum atomic E-state index is 10.7. The molecular formula is C17H20O3. The van der Waals surface area contributed by atoms with Crippen LogP contribution in [0.25, 0.3) is 0 Å². The highest BCUT2D eigenvalue weighted by Crippen LogP contribution is 2.31. The van der Waals surface area contributed by atoms with E-state index in [0.717, 1.165) is 23.3 Å². The Balaban J connectivity index is 2.22. The molecule has 0 amide bonds. The third kappa shape index (κ3) is 3.11. The SMILES string of the molecule is CCCOc1ccc(C(C)(O)c2ccc(O)cc2)cc1. The maximum absolute atomic E-state index is 10.7. The largest absolute Gasteiger partial charge is 0.508 e. The van der Waals surface area contributed by atoms with Gasteiger partial charge in [-0.25, -0.2) is 0 Å². The summed E-state index contributed by atoms with van der Waals surface area (Å²) in [5.41, 5.74) is 0.418. The second kappa shape index (κ2) is 5.97. The number of phenols is 1. The van der Waals surface area contributed by atoms with E-state index >= 15 is 0 Å². The molecule has 20 heavy (non-hydrogen) atoms. The molecule has 106 valence electrons. The molecule has 0 heterocycles. The molecule has 0 fully saturated rings. The minimum atomic E-state index is -1.10. The Morgan fingerprint density at radius 3 is 1.95 bits per heavy atom. The van der Waals surface area contributed by atoms with Gasteiger partial charge in [-0.2, -0.15) is 0 Å². The normalized spacial score (nSPS) is 13.8. The van der Waals surface area contributed by atoms with Crippen molar-refractivity contribution < 1.29 is 14.9 Å². The molecule has 3 nitrogen and oxygen atoms in total. The topological polar surface area (TPSA) is 49.7 Å². The lowest BCUT2D eigenvalue weighted by Gasteiger charge is -2.24. The molecule has 0 saturated carbocycles. The lowest BCUT2D eigenvalue weighted by molar-refractivity contribution is 0.102. The van der Waals surface area contributed by atoms with Gasteiger partial charge < -0.3 is 14.9 Å². The van der Waals surface area contributed by atoms with Gasteiger partial charge in [-0.1, -0.05) is 31.2 Å². The zero-order valence-electron chi connectivity index (χ0n) is 11.8. The van der Waals surface area contributed by atoms with Gasteiger partial charge in [0.25, 0.3) is 0 Å². The van der Waals surface area contributed by atoms with Gasteiger partial charge in [-0.3, -0.25) is 0 Å². The number of benzene rings is 2. The molecule has 2 N–H and O–H groups in total. The van der Waals surface area contributed by atoms with Crippen LogP contribution in [0.5, 0.6) is 11.5 Å². The van der Waals surface area contributed by atoms with Crippen LogP contribution in [-0.4, -0.2) is 16.8 Å². The zero-order chi connectivity index (χ0) is 14.6. The second-order valence-electron chi connectivity index (χ2n) is 4.99. The minimum absolute atomic E-state index is 0.188. The molecule has 0 saturated heterocycles. The van der Waals surface area contributed by atoms with Crippen molar-refractivity contribution in [3.05, 3.63) is 59.7 Å². The Bertz CT molecular complexity index is 541. The number of phenolic OH excluding ortho intramolecular Hbond substituents is 1. The van der Waals surface area contributed by atoms with Crippen LogP contribution >= 0.6 is 0 Å². The van der Waals surface area contributed by atoms with Crippen molar-refractivity contribution in [1.29, 1.82) is 0 Å².